The molecule has 16 heavy (non-hydrogen) atoms. The van der Waals surface area contributed by atoms with Gasteiger partial charge < -0.3 is 4.74 Å². The second kappa shape index (κ2) is 4.82. The largest absolute Gasteiger partial charge is 0.496 e. The third-order valence-electron chi connectivity index (χ3n) is 2.28. The fourth-order valence-electron chi connectivity index (χ4n) is 1.30. The van der Waals surface area contributed by atoms with Crippen LogP contribution in [-0.4, -0.2) is 15.5 Å². The lowest BCUT2D eigenvalue weighted by Gasteiger charge is -2.11. The average molecular weight is 245 g/mol. The molecule has 90 valence electrons. The van der Waals surface area contributed by atoms with Crippen LogP contribution in [0.15, 0.2) is 12.1 Å². The molecule has 1 aromatic carbocycles. The Morgan fingerprint density at radius 2 is 1.81 bits per heavy atom. The Bertz CT molecular complexity index is 482. The number of benzene rings is 1. The van der Waals surface area contributed by atoms with Crippen LogP contribution in [0, 0.1) is 13.8 Å². The van der Waals surface area contributed by atoms with Crippen LogP contribution in [0.2, 0.25) is 0 Å². The molecule has 0 aliphatic heterocycles. The van der Waals surface area contributed by atoms with Crippen molar-refractivity contribution in [3.05, 3.63) is 28.8 Å². The minimum absolute atomic E-state index is 0.122. The molecule has 0 amide bonds. The number of ether oxygens (including phenoxy) is 1. The zero-order valence-corrected chi connectivity index (χ0v) is 10.3. The summed E-state index contributed by atoms with van der Waals surface area (Å²) in [7, 11) is -2.41. The minimum atomic E-state index is -3.93. The van der Waals surface area contributed by atoms with Gasteiger partial charge in [-0.25, -0.2) is 5.14 Å². The van der Waals surface area contributed by atoms with Crippen molar-refractivity contribution in [1.82, 2.24) is 0 Å². The second-order valence-electron chi connectivity index (χ2n) is 3.50. The summed E-state index contributed by atoms with van der Waals surface area (Å²) < 4.78 is 31.0. The van der Waals surface area contributed by atoms with Crippen molar-refractivity contribution in [2.24, 2.45) is 5.14 Å². The highest BCUT2D eigenvalue weighted by Gasteiger charge is 2.09. The number of methoxy groups -OCH3 is 1. The molecular formula is C10H15NO4S. The van der Waals surface area contributed by atoms with E-state index in [4.69, 9.17) is 9.88 Å². The Kier molecular flexibility index (Phi) is 3.90. The lowest BCUT2D eigenvalue weighted by Crippen LogP contribution is -2.15. The van der Waals surface area contributed by atoms with Gasteiger partial charge in [0.1, 0.15) is 5.75 Å². The second-order valence-corrected chi connectivity index (χ2v) is 4.72. The van der Waals surface area contributed by atoms with Gasteiger partial charge in [0.15, 0.2) is 0 Å². The lowest BCUT2D eigenvalue weighted by atomic mass is 10.1. The molecule has 0 aliphatic rings. The number of aryl methyl sites for hydroxylation is 2. The monoisotopic (exact) mass is 245 g/mol. The Balaban J connectivity index is 2.99. The molecule has 1 rings (SSSR count). The molecule has 0 saturated heterocycles. The maximum absolute atomic E-state index is 10.7. The van der Waals surface area contributed by atoms with E-state index in [1.807, 2.05) is 26.0 Å². The topological polar surface area (TPSA) is 78.6 Å². The van der Waals surface area contributed by atoms with Gasteiger partial charge in [-0.15, -0.1) is 0 Å². The van der Waals surface area contributed by atoms with Gasteiger partial charge in [-0.3, -0.25) is 4.18 Å². The van der Waals surface area contributed by atoms with E-state index in [0.29, 0.717) is 11.3 Å². The predicted octanol–water partition coefficient (Wildman–Crippen LogP) is 1.03. The smallest absolute Gasteiger partial charge is 0.333 e. The number of nitrogens with two attached hydrogens (primary N) is 1. The van der Waals surface area contributed by atoms with E-state index in [1.165, 1.54) is 7.11 Å². The number of hydrogen-bond acceptors (Lipinski definition) is 4. The number of rotatable bonds is 4. The van der Waals surface area contributed by atoms with Crippen LogP contribution in [-0.2, 0) is 21.1 Å². The molecule has 0 radical (unpaired) electrons. The zero-order valence-electron chi connectivity index (χ0n) is 9.48. The van der Waals surface area contributed by atoms with Crippen molar-refractivity contribution in [2.45, 2.75) is 20.5 Å². The summed E-state index contributed by atoms with van der Waals surface area (Å²) in [6.07, 6.45) is 0. The third kappa shape index (κ3) is 3.48. The van der Waals surface area contributed by atoms with Crippen LogP contribution in [0.3, 0.4) is 0 Å². The normalized spacial score (nSPS) is 11.5. The quantitative estimate of drug-likeness (QED) is 0.859. The Morgan fingerprint density at radius 3 is 2.31 bits per heavy atom. The fraction of sp³-hybridized carbons (Fsp3) is 0.400. The molecule has 2 N–H and O–H groups in total. The third-order valence-corrected chi connectivity index (χ3v) is 2.72. The van der Waals surface area contributed by atoms with Crippen molar-refractivity contribution in [3.8, 4) is 5.75 Å². The van der Waals surface area contributed by atoms with Crippen LogP contribution >= 0.6 is 0 Å². The van der Waals surface area contributed by atoms with E-state index < -0.39 is 10.3 Å². The number of hydrogen-bond donors (Lipinski definition) is 1. The van der Waals surface area contributed by atoms with Crippen LogP contribution < -0.4 is 9.88 Å². The van der Waals surface area contributed by atoms with E-state index in [1.54, 1.807) is 0 Å². The van der Waals surface area contributed by atoms with Gasteiger partial charge in [-0.1, -0.05) is 0 Å². The van der Waals surface area contributed by atoms with Crippen LogP contribution in [0.1, 0.15) is 16.7 Å². The Hall–Kier alpha value is -1.11. The average Bonchev–Trinajstić information content (AvgIpc) is 2.18. The Morgan fingerprint density at radius 1 is 1.25 bits per heavy atom. The van der Waals surface area contributed by atoms with Crippen LogP contribution in [0.5, 0.6) is 5.75 Å². The molecule has 5 nitrogen and oxygen atoms in total. The first-order valence-corrected chi connectivity index (χ1v) is 6.12. The van der Waals surface area contributed by atoms with Crippen molar-refractivity contribution in [3.63, 3.8) is 0 Å². The molecule has 0 aromatic heterocycles. The van der Waals surface area contributed by atoms with Gasteiger partial charge in [0, 0.05) is 5.56 Å². The highest BCUT2D eigenvalue weighted by Crippen LogP contribution is 2.23. The molecule has 0 saturated carbocycles. The van der Waals surface area contributed by atoms with Crippen molar-refractivity contribution in [2.75, 3.05) is 7.11 Å². The summed E-state index contributed by atoms with van der Waals surface area (Å²) in [5, 5.41) is 4.75. The lowest BCUT2D eigenvalue weighted by molar-refractivity contribution is 0.299. The van der Waals surface area contributed by atoms with Gasteiger partial charge in [-0.2, -0.15) is 8.42 Å². The Labute approximate surface area is 95.4 Å². The molecule has 0 aliphatic carbocycles. The van der Waals surface area contributed by atoms with E-state index in [-0.39, 0.29) is 6.61 Å². The van der Waals surface area contributed by atoms with Crippen LogP contribution in [0.25, 0.3) is 0 Å². The molecular weight excluding hydrogens is 230 g/mol. The first-order valence-electron chi connectivity index (χ1n) is 4.65. The minimum Gasteiger partial charge on any atom is -0.496 e. The van der Waals surface area contributed by atoms with Crippen molar-refractivity contribution in [1.29, 1.82) is 0 Å². The van der Waals surface area contributed by atoms with E-state index >= 15 is 0 Å². The molecule has 0 unspecified atom stereocenters. The van der Waals surface area contributed by atoms with Crippen molar-refractivity contribution < 1.29 is 17.3 Å². The summed E-state index contributed by atoms with van der Waals surface area (Å²) in [5.74, 6) is 0.590. The molecule has 1 aromatic rings. The summed E-state index contributed by atoms with van der Waals surface area (Å²) >= 11 is 0. The van der Waals surface area contributed by atoms with Gasteiger partial charge in [0.2, 0.25) is 0 Å². The van der Waals surface area contributed by atoms with Gasteiger partial charge in [0.25, 0.3) is 0 Å². The van der Waals surface area contributed by atoms with E-state index in [9.17, 15) is 8.42 Å². The summed E-state index contributed by atoms with van der Waals surface area (Å²) in [6.45, 7) is 3.75. The zero-order chi connectivity index (χ0) is 12.3. The highest BCUT2D eigenvalue weighted by atomic mass is 32.2. The van der Waals surface area contributed by atoms with E-state index in [0.717, 1.165) is 11.1 Å². The van der Waals surface area contributed by atoms with Crippen molar-refractivity contribution >= 4 is 10.3 Å². The van der Waals surface area contributed by atoms with E-state index in [2.05, 4.69) is 4.18 Å². The summed E-state index contributed by atoms with van der Waals surface area (Å²) in [4.78, 5) is 0. The molecule has 6 heteroatoms. The summed E-state index contributed by atoms with van der Waals surface area (Å²) in [6, 6.07) is 3.65. The maximum Gasteiger partial charge on any atom is 0.333 e. The molecule has 0 heterocycles. The molecule has 0 bridgehead atoms. The predicted molar refractivity (Wildman–Crippen MR) is 60.4 cm³/mol. The molecule has 0 fully saturated rings. The highest BCUT2D eigenvalue weighted by molar-refractivity contribution is 7.84. The SMILES string of the molecule is COc1cc(C)c(C)cc1COS(N)(=O)=O. The van der Waals surface area contributed by atoms with Crippen LogP contribution in [0.4, 0.5) is 0 Å². The molecule has 0 atom stereocenters. The summed E-state index contributed by atoms with van der Waals surface area (Å²) in [5.41, 5.74) is 2.75. The van der Waals surface area contributed by atoms with Gasteiger partial charge >= 0.3 is 10.3 Å². The maximum atomic E-state index is 10.7. The fourth-order valence-corrected chi connectivity index (χ4v) is 1.59. The first-order chi connectivity index (χ1) is 7.33. The standard InChI is InChI=1S/C10H15NO4S/c1-7-4-9(6-15-16(11,12)13)10(14-3)5-8(7)2/h4-5H,6H2,1-3H3,(H2,11,12,13). The first kappa shape index (κ1) is 13.0. The van der Waals surface area contributed by atoms with Gasteiger partial charge in [-0.05, 0) is 37.1 Å². The van der Waals surface area contributed by atoms with Gasteiger partial charge in [0.05, 0.1) is 13.7 Å². The molecule has 0 spiro atoms.